The van der Waals surface area contributed by atoms with Gasteiger partial charge in [0.15, 0.2) is 6.61 Å². The van der Waals surface area contributed by atoms with Crippen LogP contribution in [-0.4, -0.2) is 43.8 Å². The highest BCUT2D eigenvalue weighted by molar-refractivity contribution is 6.30. The van der Waals surface area contributed by atoms with Crippen LogP contribution in [0.15, 0.2) is 33.9 Å². The number of carbonyl (C=O) groups excluding carboxylic acids is 1. The van der Waals surface area contributed by atoms with Crippen LogP contribution in [0.25, 0.3) is 0 Å². The molecule has 0 radical (unpaired) electrons. The van der Waals surface area contributed by atoms with Crippen LogP contribution in [0.4, 0.5) is 5.69 Å². The predicted octanol–water partition coefficient (Wildman–Crippen LogP) is 0.159. The molecular weight excluding hydrogens is 410 g/mol. The minimum absolute atomic E-state index is 0.135. The average molecular weight is 426 g/mol. The zero-order valence-electron chi connectivity index (χ0n) is 15.0. The van der Waals surface area contributed by atoms with Crippen molar-refractivity contribution in [2.75, 3.05) is 11.9 Å². The van der Waals surface area contributed by atoms with E-state index in [1.165, 1.54) is 19.1 Å². The Morgan fingerprint density at radius 3 is 2.14 bits per heavy atom. The number of rotatable bonds is 8. The van der Waals surface area contributed by atoms with Gasteiger partial charge in [-0.25, -0.2) is 9.36 Å². The first-order valence-electron chi connectivity index (χ1n) is 8.06. The lowest BCUT2D eigenvalue weighted by Crippen LogP contribution is -2.45. The fourth-order valence-electron chi connectivity index (χ4n) is 2.40. The van der Waals surface area contributed by atoms with Crippen molar-refractivity contribution in [2.24, 2.45) is 0 Å². The molecule has 154 valence electrons. The van der Waals surface area contributed by atoms with Gasteiger partial charge in [-0.05, 0) is 31.2 Å². The predicted molar refractivity (Wildman–Crippen MR) is 101 cm³/mol. The maximum atomic E-state index is 12.5. The van der Waals surface area contributed by atoms with Crippen LogP contribution in [0.5, 0.6) is 5.75 Å². The van der Waals surface area contributed by atoms with E-state index < -0.39 is 54.5 Å². The van der Waals surface area contributed by atoms with Gasteiger partial charge in [0.2, 0.25) is 0 Å². The number of benzene rings is 1. The summed E-state index contributed by atoms with van der Waals surface area (Å²) in [6.07, 6.45) is 0. The second kappa shape index (κ2) is 9.06. The molecule has 2 aromatic rings. The number of hydrogen-bond donors (Lipinski definition) is 3. The summed E-state index contributed by atoms with van der Waals surface area (Å²) in [7, 11) is 0. The molecule has 0 unspecified atom stereocenters. The number of aliphatic carboxylic acids is 2. The molecule has 12 heteroatoms. The van der Waals surface area contributed by atoms with E-state index >= 15 is 0 Å². The molecule has 11 nitrogen and oxygen atoms in total. The summed E-state index contributed by atoms with van der Waals surface area (Å²) in [5.74, 6) is -3.32. The first-order chi connectivity index (χ1) is 13.6. The quantitative estimate of drug-likeness (QED) is 0.539. The van der Waals surface area contributed by atoms with Gasteiger partial charge in [0.25, 0.3) is 11.5 Å². The third-order valence-corrected chi connectivity index (χ3v) is 3.97. The third kappa shape index (κ3) is 5.45. The maximum Gasteiger partial charge on any atom is 0.332 e. The topological polar surface area (TPSA) is 157 Å². The highest BCUT2D eigenvalue weighted by Gasteiger charge is 2.21. The molecule has 0 saturated carbocycles. The molecule has 0 aliphatic heterocycles. The lowest BCUT2D eigenvalue weighted by molar-refractivity contribution is -0.138. The smallest absolute Gasteiger partial charge is 0.332 e. The molecule has 3 N–H and O–H groups in total. The van der Waals surface area contributed by atoms with Crippen molar-refractivity contribution in [2.45, 2.75) is 20.0 Å². The molecule has 2 rings (SSSR count). The summed E-state index contributed by atoms with van der Waals surface area (Å²) in [6, 6.07) is 6.14. The number of nitrogens with one attached hydrogen (secondary N) is 1. The van der Waals surface area contributed by atoms with Crippen LogP contribution in [0.2, 0.25) is 5.02 Å². The van der Waals surface area contributed by atoms with E-state index in [4.69, 9.17) is 26.6 Å². The van der Waals surface area contributed by atoms with Gasteiger partial charge in [0.05, 0.1) is 0 Å². The van der Waals surface area contributed by atoms with E-state index in [1.807, 2.05) is 0 Å². The van der Waals surface area contributed by atoms with Gasteiger partial charge in [-0.2, -0.15) is 0 Å². The first kappa shape index (κ1) is 21.7. The highest BCUT2D eigenvalue weighted by Crippen LogP contribution is 2.15. The lowest BCUT2D eigenvalue weighted by atomic mass is 10.3. The Kier molecular flexibility index (Phi) is 6.78. The number of hydrogen-bond acceptors (Lipinski definition) is 6. The van der Waals surface area contributed by atoms with Crippen LogP contribution in [0, 0.1) is 6.92 Å². The Morgan fingerprint density at radius 1 is 1.03 bits per heavy atom. The average Bonchev–Trinajstić information content (AvgIpc) is 2.65. The maximum absolute atomic E-state index is 12.5. The van der Waals surface area contributed by atoms with Crippen molar-refractivity contribution in [1.29, 1.82) is 0 Å². The molecule has 0 fully saturated rings. The number of amides is 1. The molecule has 0 aliphatic carbocycles. The number of halogens is 1. The van der Waals surface area contributed by atoms with E-state index in [0.717, 1.165) is 0 Å². The van der Waals surface area contributed by atoms with E-state index in [9.17, 15) is 24.0 Å². The van der Waals surface area contributed by atoms with Crippen LogP contribution < -0.4 is 21.3 Å². The third-order valence-electron chi connectivity index (χ3n) is 3.72. The van der Waals surface area contributed by atoms with Crippen LogP contribution >= 0.6 is 11.6 Å². The monoisotopic (exact) mass is 425 g/mol. The fraction of sp³-hybridized carbons (Fsp3) is 0.235. The number of aromatic nitrogens is 2. The van der Waals surface area contributed by atoms with Gasteiger partial charge in [0, 0.05) is 10.7 Å². The molecule has 1 amide bonds. The van der Waals surface area contributed by atoms with Gasteiger partial charge in [0.1, 0.15) is 24.5 Å². The number of carboxylic acids is 2. The molecule has 1 aromatic carbocycles. The van der Waals surface area contributed by atoms with Crippen molar-refractivity contribution < 1.29 is 29.3 Å². The van der Waals surface area contributed by atoms with Crippen LogP contribution in [-0.2, 0) is 27.5 Å². The molecule has 0 atom stereocenters. The van der Waals surface area contributed by atoms with Crippen LogP contribution in [0.3, 0.4) is 0 Å². The van der Waals surface area contributed by atoms with Crippen molar-refractivity contribution in [1.82, 2.24) is 9.13 Å². The Labute approximate surface area is 167 Å². The fourth-order valence-corrected chi connectivity index (χ4v) is 2.52. The van der Waals surface area contributed by atoms with Gasteiger partial charge < -0.3 is 20.3 Å². The normalized spacial score (nSPS) is 10.4. The van der Waals surface area contributed by atoms with Gasteiger partial charge in [-0.1, -0.05) is 11.6 Å². The Bertz CT molecular complexity index is 1070. The molecule has 0 spiro atoms. The largest absolute Gasteiger partial charge is 0.484 e. The van der Waals surface area contributed by atoms with Crippen molar-refractivity contribution in [3.05, 3.63) is 55.8 Å². The number of ether oxygens (including phenoxy) is 1. The zero-order chi connectivity index (χ0) is 21.7. The van der Waals surface area contributed by atoms with Crippen molar-refractivity contribution in [3.8, 4) is 5.75 Å². The number of nitrogens with zero attached hydrogens (tertiary/aromatic N) is 2. The summed E-state index contributed by atoms with van der Waals surface area (Å²) in [5, 5.41) is 20.6. The van der Waals surface area contributed by atoms with Crippen LogP contribution in [0.1, 0.15) is 5.69 Å². The zero-order valence-corrected chi connectivity index (χ0v) is 15.8. The van der Waals surface area contributed by atoms with E-state index in [2.05, 4.69) is 5.32 Å². The molecule has 1 heterocycles. The highest BCUT2D eigenvalue weighted by atomic mass is 35.5. The van der Waals surface area contributed by atoms with Crippen molar-refractivity contribution in [3.63, 3.8) is 0 Å². The van der Waals surface area contributed by atoms with Gasteiger partial charge in [-0.15, -0.1) is 0 Å². The van der Waals surface area contributed by atoms with Gasteiger partial charge >= 0.3 is 17.6 Å². The summed E-state index contributed by atoms with van der Waals surface area (Å²) in [4.78, 5) is 59.0. The molecular formula is C17H16ClN3O8. The van der Waals surface area contributed by atoms with Gasteiger partial charge in [-0.3, -0.25) is 23.7 Å². The standard InChI is InChI=1S/C17H16ClN3O8/c1-9-15(19-12(22)8-29-11-4-2-10(18)3-5-11)16(27)21(7-14(25)26)17(28)20(9)6-13(23)24/h2-5H,6-8H2,1H3,(H,19,22)(H,23,24)(H,25,26). The lowest BCUT2D eigenvalue weighted by Gasteiger charge is -2.16. The second-order valence-corrected chi connectivity index (χ2v) is 6.24. The Hall–Kier alpha value is -3.60. The Morgan fingerprint density at radius 2 is 1.59 bits per heavy atom. The molecule has 1 aromatic heterocycles. The summed E-state index contributed by atoms with van der Waals surface area (Å²) >= 11 is 5.75. The molecule has 0 saturated heterocycles. The SMILES string of the molecule is Cc1c(NC(=O)COc2ccc(Cl)cc2)c(=O)n(CC(=O)O)c(=O)n1CC(=O)O. The summed E-state index contributed by atoms with van der Waals surface area (Å²) < 4.78 is 6.26. The summed E-state index contributed by atoms with van der Waals surface area (Å²) in [6.45, 7) is -1.07. The number of carbonyl (C=O) groups is 3. The molecule has 0 aliphatic rings. The van der Waals surface area contributed by atoms with E-state index in [0.29, 0.717) is 19.9 Å². The molecule has 0 bridgehead atoms. The summed E-state index contributed by atoms with van der Waals surface area (Å²) in [5.41, 5.74) is -2.75. The van der Waals surface area contributed by atoms with E-state index in [-0.39, 0.29) is 5.69 Å². The minimum Gasteiger partial charge on any atom is -0.484 e. The second-order valence-electron chi connectivity index (χ2n) is 5.80. The van der Waals surface area contributed by atoms with E-state index in [1.54, 1.807) is 12.1 Å². The Balaban J connectivity index is 2.34. The number of anilines is 1. The minimum atomic E-state index is -1.49. The number of carboxylic acid groups (broad SMARTS) is 2. The first-order valence-corrected chi connectivity index (χ1v) is 8.44. The van der Waals surface area contributed by atoms with Crippen molar-refractivity contribution >= 4 is 35.1 Å². The molecule has 29 heavy (non-hydrogen) atoms.